The number of hydrogen-bond acceptors (Lipinski definition) is 3. The number of hydrogen-bond donors (Lipinski definition) is 2. The highest BCUT2D eigenvalue weighted by Crippen LogP contribution is 2.09. The molecule has 0 fully saturated rings. The average molecular weight is 170 g/mol. The maximum absolute atomic E-state index is 12.7. The summed E-state index contributed by atoms with van der Waals surface area (Å²) in [6, 6.07) is 1.21. The number of nitrogens with zero attached hydrogens (tertiary/aromatic N) is 1. The molecule has 3 N–H and O–H groups in total. The van der Waals surface area contributed by atoms with E-state index in [1.165, 1.54) is 6.07 Å². The molecule has 0 bridgehead atoms. The predicted molar refractivity (Wildman–Crippen MR) is 39.9 cm³/mol. The summed E-state index contributed by atoms with van der Waals surface area (Å²) >= 11 is 0. The summed E-state index contributed by atoms with van der Waals surface area (Å²) in [5, 5.41) is 8.35. The van der Waals surface area contributed by atoms with Crippen molar-refractivity contribution in [3.8, 4) is 0 Å². The van der Waals surface area contributed by atoms with E-state index in [9.17, 15) is 9.18 Å². The highest BCUT2D eigenvalue weighted by molar-refractivity contribution is 5.70. The van der Waals surface area contributed by atoms with Gasteiger partial charge < -0.3 is 10.8 Å². The Hall–Kier alpha value is -1.65. The molecule has 1 aromatic heterocycles. The SMILES string of the molecule is Nc1cc(CC(=O)O)c(F)cn1. The van der Waals surface area contributed by atoms with Gasteiger partial charge in [-0.2, -0.15) is 0 Å². The second-order valence-corrected chi connectivity index (χ2v) is 2.27. The number of aromatic nitrogens is 1. The highest BCUT2D eigenvalue weighted by Gasteiger charge is 2.07. The molecular formula is C7H7FN2O2. The summed E-state index contributed by atoms with van der Waals surface area (Å²) < 4.78 is 12.7. The van der Waals surface area contributed by atoms with Crippen LogP contribution in [0.15, 0.2) is 12.3 Å². The Balaban J connectivity index is 2.97. The van der Waals surface area contributed by atoms with Crippen molar-refractivity contribution in [3.05, 3.63) is 23.6 Å². The third kappa shape index (κ3) is 1.91. The van der Waals surface area contributed by atoms with Crippen LogP contribution in [0, 0.1) is 5.82 Å². The molecule has 12 heavy (non-hydrogen) atoms. The monoisotopic (exact) mass is 170 g/mol. The van der Waals surface area contributed by atoms with E-state index in [0.29, 0.717) is 0 Å². The predicted octanol–water partition coefficient (Wildman–Crippen LogP) is 0.430. The second kappa shape index (κ2) is 3.17. The molecule has 4 nitrogen and oxygen atoms in total. The van der Waals surface area contributed by atoms with Crippen molar-refractivity contribution in [2.24, 2.45) is 0 Å². The van der Waals surface area contributed by atoms with Gasteiger partial charge in [0, 0.05) is 5.56 Å². The zero-order valence-electron chi connectivity index (χ0n) is 6.12. The van der Waals surface area contributed by atoms with E-state index >= 15 is 0 Å². The number of rotatable bonds is 2. The molecule has 64 valence electrons. The molecule has 0 aromatic carbocycles. The normalized spacial score (nSPS) is 9.75. The van der Waals surface area contributed by atoms with E-state index in [4.69, 9.17) is 10.8 Å². The van der Waals surface area contributed by atoms with Crippen LogP contribution in [0.2, 0.25) is 0 Å². The van der Waals surface area contributed by atoms with E-state index in [-0.39, 0.29) is 17.8 Å². The van der Waals surface area contributed by atoms with Crippen molar-refractivity contribution in [2.45, 2.75) is 6.42 Å². The van der Waals surface area contributed by atoms with Crippen molar-refractivity contribution in [1.29, 1.82) is 0 Å². The van der Waals surface area contributed by atoms with Crippen LogP contribution in [0.1, 0.15) is 5.56 Å². The number of carboxylic acid groups (broad SMARTS) is 1. The van der Waals surface area contributed by atoms with Crippen LogP contribution in [0.5, 0.6) is 0 Å². The number of aliphatic carboxylic acids is 1. The third-order valence-electron chi connectivity index (χ3n) is 1.30. The Morgan fingerprint density at radius 3 is 3.00 bits per heavy atom. The fraction of sp³-hybridized carbons (Fsp3) is 0.143. The largest absolute Gasteiger partial charge is 0.481 e. The van der Waals surface area contributed by atoms with Crippen molar-refractivity contribution in [1.82, 2.24) is 4.98 Å². The van der Waals surface area contributed by atoms with Gasteiger partial charge in [0.25, 0.3) is 0 Å². The van der Waals surface area contributed by atoms with Gasteiger partial charge in [0.15, 0.2) is 0 Å². The van der Waals surface area contributed by atoms with E-state index in [1.54, 1.807) is 0 Å². The van der Waals surface area contributed by atoms with E-state index < -0.39 is 11.8 Å². The molecular weight excluding hydrogens is 163 g/mol. The number of halogens is 1. The molecule has 0 spiro atoms. The van der Waals surface area contributed by atoms with Crippen LogP contribution in [0.25, 0.3) is 0 Å². The quantitative estimate of drug-likeness (QED) is 0.674. The van der Waals surface area contributed by atoms with Crippen LogP contribution < -0.4 is 5.73 Å². The second-order valence-electron chi connectivity index (χ2n) is 2.27. The Morgan fingerprint density at radius 2 is 2.42 bits per heavy atom. The number of anilines is 1. The minimum absolute atomic E-state index is 0.0509. The lowest BCUT2D eigenvalue weighted by atomic mass is 10.2. The number of pyridine rings is 1. The summed E-state index contributed by atoms with van der Waals surface area (Å²) in [5.74, 6) is -1.63. The molecule has 0 unspecified atom stereocenters. The maximum atomic E-state index is 12.7. The van der Waals surface area contributed by atoms with Crippen molar-refractivity contribution in [2.75, 3.05) is 5.73 Å². The lowest BCUT2D eigenvalue weighted by molar-refractivity contribution is -0.136. The summed E-state index contributed by atoms with van der Waals surface area (Å²) in [5.41, 5.74) is 5.28. The zero-order valence-corrected chi connectivity index (χ0v) is 6.12. The van der Waals surface area contributed by atoms with Crippen LogP contribution in [0.3, 0.4) is 0 Å². The summed E-state index contributed by atoms with van der Waals surface area (Å²) in [6.07, 6.45) is 0.534. The Kier molecular flexibility index (Phi) is 2.23. The summed E-state index contributed by atoms with van der Waals surface area (Å²) in [4.78, 5) is 13.7. The molecule has 5 heteroatoms. The van der Waals surface area contributed by atoms with Gasteiger partial charge in [-0.25, -0.2) is 9.37 Å². The Morgan fingerprint density at radius 1 is 1.75 bits per heavy atom. The summed E-state index contributed by atoms with van der Waals surface area (Å²) in [6.45, 7) is 0. The standard InChI is InChI=1S/C7H7FN2O2/c8-5-3-10-6(9)1-4(5)2-7(11)12/h1,3H,2H2,(H2,9,10)(H,11,12). The molecule has 1 aromatic rings. The van der Waals surface area contributed by atoms with E-state index in [0.717, 1.165) is 6.20 Å². The van der Waals surface area contributed by atoms with Gasteiger partial charge in [0.05, 0.1) is 12.6 Å². The minimum atomic E-state index is -1.10. The van der Waals surface area contributed by atoms with Crippen LogP contribution in [-0.2, 0) is 11.2 Å². The molecule has 1 heterocycles. The highest BCUT2D eigenvalue weighted by atomic mass is 19.1. The lowest BCUT2D eigenvalue weighted by Gasteiger charge is -1.99. The molecule has 0 saturated carbocycles. The third-order valence-corrected chi connectivity index (χ3v) is 1.30. The Labute approximate surface area is 67.8 Å². The molecule has 1 rings (SSSR count). The number of nitrogens with two attached hydrogens (primary N) is 1. The first-order valence-corrected chi connectivity index (χ1v) is 3.21. The van der Waals surface area contributed by atoms with Gasteiger partial charge in [0.1, 0.15) is 11.6 Å². The fourth-order valence-corrected chi connectivity index (χ4v) is 0.797. The molecule has 0 radical (unpaired) electrons. The van der Waals surface area contributed by atoms with Crippen molar-refractivity contribution in [3.63, 3.8) is 0 Å². The average Bonchev–Trinajstić information content (AvgIpc) is 1.96. The summed E-state index contributed by atoms with van der Waals surface area (Å²) in [7, 11) is 0. The molecule has 0 saturated heterocycles. The topological polar surface area (TPSA) is 76.2 Å². The molecule has 0 amide bonds. The number of carbonyl (C=O) groups is 1. The van der Waals surface area contributed by atoms with E-state index in [1.807, 2.05) is 0 Å². The van der Waals surface area contributed by atoms with E-state index in [2.05, 4.69) is 4.98 Å². The molecule has 0 atom stereocenters. The Bertz CT molecular complexity index is 314. The number of nitrogen functional groups attached to an aromatic ring is 1. The van der Waals surface area contributed by atoms with Gasteiger partial charge in [-0.05, 0) is 6.07 Å². The smallest absolute Gasteiger partial charge is 0.307 e. The maximum Gasteiger partial charge on any atom is 0.307 e. The first-order valence-electron chi connectivity index (χ1n) is 3.21. The first kappa shape index (κ1) is 8.45. The minimum Gasteiger partial charge on any atom is -0.481 e. The van der Waals surface area contributed by atoms with Gasteiger partial charge >= 0.3 is 5.97 Å². The molecule has 0 aliphatic rings. The molecule has 0 aliphatic heterocycles. The molecule has 0 aliphatic carbocycles. The van der Waals surface area contributed by atoms with Crippen LogP contribution in [-0.4, -0.2) is 16.1 Å². The van der Waals surface area contributed by atoms with Crippen LogP contribution >= 0.6 is 0 Å². The van der Waals surface area contributed by atoms with Crippen molar-refractivity contribution < 1.29 is 14.3 Å². The van der Waals surface area contributed by atoms with Gasteiger partial charge in [-0.1, -0.05) is 0 Å². The fourth-order valence-electron chi connectivity index (χ4n) is 0.797. The lowest BCUT2D eigenvalue weighted by Crippen LogP contribution is -2.04. The first-order chi connectivity index (χ1) is 5.59. The number of carboxylic acids is 1. The van der Waals surface area contributed by atoms with Crippen molar-refractivity contribution >= 4 is 11.8 Å². The van der Waals surface area contributed by atoms with Gasteiger partial charge in [-0.15, -0.1) is 0 Å². The van der Waals surface area contributed by atoms with Crippen LogP contribution in [0.4, 0.5) is 10.2 Å². The zero-order chi connectivity index (χ0) is 9.14. The van der Waals surface area contributed by atoms with Gasteiger partial charge in [0.2, 0.25) is 0 Å². The van der Waals surface area contributed by atoms with Gasteiger partial charge in [-0.3, -0.25) is 4.79 Å².